The average molecular weight is 546 g/mol. The Morgan fingerprint density at radius 2 is 1.49 bits per heavy atom. The van der Waals surface area contributed by atoms with E-state index in [2.05, 4.69) is 4.98 Å². The second kappa shape index (κ2) is 12.9. The van der Waals surface area contributed by atoms with E-state index < -0.39 is 11.9 Å². The molecule has 206 valence electrons. The third-order valence-corrected chi connectivity index (χ3v) is 7.04. The molecular formula is C35H31NO5. The number of aryl methyl sites for hydroxylation is 1. The first-order chi connectivity index (χ1) is 20.0. The largest absolute Gasteiger partial charge is 0.493 e. The molecule has 0 saturated carbocycles. The second-order valence-electron chi connectivity index (χ2n) is 9.93. The van der Waals surface area contributed by atoms with Crippen molar-refractivity contribution in [3.63, 3.8) is 0 Å². The fourth-order valence-electron chi connectivity index (χ4n) is 4.81. The van der Waals surface area contributed by atoms with E-state index in [9.17, 15) is 14.7 Å². The minimum absolute atomic E-state index is 0.107. The number of nitrogens with zero attached hydrogens (tertiary/aromatic N) is 1. The quantitative estimate of drug-likeness (QED) is 0.170. The number of aliphatic carboxylic acids is 1. The SMILES string of the molecule is Cc1oc(-c2ccccc2)nc1CCOc1ccc(C[C@H](Cc2ccccc2C(=O)c2ccccc2)C(=O)O)cc1. The molecule has 1 heterocycles. The maximum absolute atomic E-state index is 13.1. The minimum atomic E-state index is -0.898. The Balaban J connectivity index is 1.19. The number of benzene rings is 4. The van der Waals surface area contributed by atoms with Gasteiger partial charge in [-0.15, -0.1) is 0 Å². The Bertz CT molecular complexity index is 1610. The maximum atomic E-state index is 13.1. The molecule has 4 aromatic carbocycles. The lowest BCUT2D eigenvalue weighted by Crippen LogP contribution is -2.20. The van der Waals surface area contributed by atoms with Gasteiger partial charge in [-0.2, -0.15) is 0 Å². The van der Waals surface area contributed by atoms with E-state index in [1.807, 2.05) is 91.9 Å². The van der Waals surface area contributed by atoms with Crippen LogP contribution in [0.4, 0.5) is 0 Å². The Morgan fingerprint density at radius 1 is 0.829 bits per heavy atom. The van der Waals surface area contributed by atoms with Gasteiger partial charge in [-0.3, -0.25) is 9.59 Å². The zero-order valence-electron chi connectivity index (χ0n) is 22.8. The number of carboxylic acids is 1. The summed E-state index contributed by atoms with van der Waals surface area (Å²) in [5.74, 6) is 0.385. The highest BCUT2D eigenvalue weighted by molar-refractivity contribution is 6.09. The van der Waals surface area contributed by atoms with Crippen LogP contribution in [0, 0.1) is 12.8 Å². The van der Waals surface area contributed by atoms with Crippen LogP contribution < -0.4 is 4.74 Å². The third kappa shape index (κ3) is 6.97. The van der Waals surface area contributed by atoms with Gasteiger partial charge in [-0.05, 0) is 55.2 Å². The van der Waals surface area contributed by atoms with Gasteiger partial charge < -0.3 is 14.3 Å². The van der Waals surface area contributed by atoms with Crippen molar-refractivity contribution < 1.29 is 23.8 Å². The Kier molecular flexibility index (Phi) is 8.70. The molecular weight excluding hydrogens is 514 g/mol. The zero-order chi connectivity index (χ0) is 28.6. The van der Waals surface area contributed by atoms with E-state index in [0.29, 0.717) is 42.2 Å². The van der Waals surface area contributed by atoms with Gasteiger partial charge in [0.25, 0.3) is 0 Å². The van der Waals surface area contributed by atoms with Crippen LogP contribution in [0.3, 0.4) is 0 Å². The molecule has 0 aliphatic carbocycles. The average Bonchev–Trinajstić information content (AvgIpc) is 3.38. The summed E-state index contributed by atoms with van der Waals surface area (Å²) < 4.78 is 11.8. The molecule has 0 unspecified atom stereocenters. The summed E-state index contributed by atoms with van der Waals surface area (Å²) in [4.78, 5) is 29.9. The molecule has 1 aromatic heterocycles. The highest BCUT2D eigenvalue weighted by Crippen LogP contribution is 2.24. The van der Waals surface area contributed by atoms with Crippen LogP contribution in [0.2, 0.25) is 0 Å². The lowest BCUT2D eigenvalue weighted by atomic mass is 9.88. The van der Waals surface area contributed by atoms with Crippen LogP contribution in [-0.2, 0) is 24.1 Å². The third-order valence-electron chi connectivity index (χ3n) is 7.04. The van der Waals surface area contributed by atoms with Crippen molar-refractivity contribution >= 4 is 11.8 Å². The number of carbonyl (C=O) groups excluding carboxylic acids is 1. The lowest BCUT2D eigenvalue weighted by molar-refractivity contribution is -0.141. The molecule has 1 atom stereocenters. The van der Waals surface area contributed by atoms with E-state index in [-0.39, 0.29) is 12.2 Å². The molecule has 0 radical (unpaired) electrons. The fourth-order valence-corrected chi connectivity index (χ4v) is 4.81. The number of hydrogen-bond acceptors (Lipinski definition) is 5. The second-order valence-corrected chi connectivity index (χ2v) is 9.93. The summed E-state index contributed by atoms with van der Waals surface area (Å²) in [6.45, 7) is 2.34. The summed E-state index contributed by atoms with van der Waals surface area (Å²) in [5, 5.41) is 10.00. The molecule has 5 rings (SSSR count). The van der Waals surface area contributed by atoms with Crippen LogP contribution in [0.25, 0.3) is 11.5 Å². The highest BCUT2D eigenvalue weighted by atomic mass is 16.5. The molecule has 6 heteroatoms. The summed E-state index contributed by atoms with van der Waals surface area (Å²) in [6.07, 6.45) is 1.19. The van der Waals surface area contributed by atoms with E-state index in [4.69, 9.17) is 9.15 Å². The number of hydrogen-bond donors (Lipinski definition) is 1. The van der Waals surface area contributed by atoms with Crippen molar-refractivity contribution in [2.75, 3.05) is 6.61 Å². The molecule has 41 heavy (non-hydrogen) atoms. The monoisotopic (exact) mass is 545 g/mol. The summed E-state index contributed by atoms with van der Waals surface area (Å²) in [5.41, 5.74) is 4.52. The zero-order valence-corrected chi connectivity index (χ0v) is 22.8. The summed E-state index contributed by atoms with van der Waals surface area (Å²) >= 11 is 0. The van der Waals surface area contributed by atoms with Gasteiger partial charge >= 0.3 is 5.97 Å². The van der Waals surface area contributed by atoms with E-state index >= 15 is 0 Å². The van der Waals surface area contributed by atoms with Crippen molar-refractivity contribution in [1.29, 1.82) is 0 Å². The molecule has 0 saturated heterocycles. The minimum Gasteiger partial charge on any atom is -0.493 e. The van der Waals surface area contributed by atoms with Crippen molar-refractivity contribution in [2.24, 2.45) is 5.92 Å². The number of oxazole rings is 1. The number of ether oxygens (including phenoxy) is 1. The summed E-state index contributed by atoms with van der Waals surface area (Å²) in [6, 6.07) is 33.6. The standard InChI is InChI=1S/C35H31NO5/c1-24-32(36-34(41-24)27-12-6-3-7-13-27)20-21-40-30-18-16-25(17-19-30)22-29(35(38)39)23-28-14-8-9-15-31(28)33(37)26-10-4-2-5-11-26/h2-19,29H,20-23H2,1H3,(H,38,39)/t29-/m1/s1. The Morgan fingerprint density at radius 3 is 2.20 bits per heavy atom. The van der Waals surface area contributed by atoms with Gasteiger partial charge in [0.15, 0.2) is 5.78 Å². The van der Waals surface area contributed by atoms with Crippen LogP contribution in [0.1, 0.15) is 38.5 Å². The van der Waals surface area contributed by atoms with Crippen molar-refractivity contribution in [3.8, 4) is 17.2 Å². The fraction of sp³-hybridized carbons (Fsp3) is 0.171. The Hall–Kier alpha value is -4.97. The first-order valence-electron chi connectivity index (χ1n) is 13.6. The first-order valence-corrected chi connectivity index (χ1v) is 13.6. The molecule has 1 N–H and O–H groups in total. The smallest absolute Gasteiger partial charge is 0.307 e. The molecule has 0 aliphatic rings. The van der Waals surface area contributed by atoms with Crippen molar-refractivity contribution in [1.82, 2.24) is 4.98 Å². The first kappa shape index (κ1) is 27.6. The number of carbonyl (C=O) groups is 2. The molecule has 0 spiro atoms. The van der Waals surface area contributed by atoms with Gasteiger partial charge in [-0.1, -0.05) is 84.9 Å². The van der Waals surface area contributed by atoms with E-state index in [1.54, 1.807) is 24.3 Å². The van der Waals surface area contributed by atoms with Gasteiger partial charge in [0.1, 0.15) is 11.5 Å². The summed E-state index contributed by atoms with van der Waals surface area (Å²) in [7, 11) is 0. The van der Waals surface area contributed by atoms with Gasteiger partial charge in [0, 0.05) is 23.1 Å². The molecule has 0 bridgehead atoms. The van der Waals surface area contributed by atoms with E-state index in [0.717, 1.165) is 28.1 Å². The van der Waals surface area contributed by atoms with Crippen LogP contribution in [0.15, 0.2) is 114 Å². The van der Waals surface area contributed by atoms with Crippen molar-refractivity contribution in [2.45, 2.75) is 26.2 Å². The predicted molar refractivity (Wildman–Crippen MR) is 157 cm³/mol. The lowest BCUT2D eigenvalue weighted by Gasteiger charge is -2.16. The van der Waals surface area contributed by atoms with Gasteiger partial charge in [0.05, 0.1) is 18.2 Å². The Labute approximate surface area is 239 Å². The van der Waals surface area contributed by atoms with Gasteiger partial charge in [0.2, 0.25) is 5.89 Å². The van der Waals surface area contributed by atoms with Crippen LogP contribution in [-0.4, -0.2) is 28.4 Å². The number of rotatable bonds is 12. The number of aromatic nitrogens is 1. The van der Waals surface area contributed by atoms with Gasteiger partial charge in [-0.25, -0.2) is 4.98 Å². The maximum Gasteiger partial charge on any atom is 0.307 e. The molecule has 6 nitrogen and oxygen atoms in total. The number of carboxylic acid groups (broad SMARTS) is 1. The number of ketones is 1. The van der Waals surface area contributed by atoms with E-state index in [1.165, 1.54) is 0 Å². The molecule has 5 aromatic rings. The predicted octanol–water partition coefficient (Wildman–Crippen LogP) is 6.99. The van der Waals surface area contributed by atoms with Crippen molar-refractivity contribution in [3.05, 3.63) is 143 Å². The normalized spacial score (nSPS) is 11.6. The molecule has 0 aliphatic heterocycles. The topological polar surface area (TPSA) is 89.6 Å². The van der Waals surface area contributed by atoms with Crippen LogP contribution >= 0.6 is 0 Å². The molecule has 0 amide bonds. The van der Waals surface area contributed by atoms with Crippen LogP contribution in [0.5, 0.6) is 5.75 Å². The highest BCUT2D eigenvalue weighted by Gasteiger charge is 2.22. The molecule has 0 fully saturated rings.